The van der Waals surface area contributed by atoms with Gasteiger partial charge in [0.2, 0.25) is 0 Å². The standard InChI is InChI=1S/C20H32N2O4/c23-17-16(13-22(18(17)24)15-9-5-2-6-10-15)20(26)11-12-21(19(20)25)14-7-3-1-4-8-14/h14-17,23,26H,1-13H2/t16-,17-,20+/m1/s1. The fraction of sp³-hybridized carbons (Fsp3) is 0.900. The average Bonchev–Trinajstić information content (AvgIpc) is 3.15. The second-order valence-corrected chi connectivity index (χ2v) is 8.80. The van der Waals surface area contributed by atoms with Gasteiger partial charge < -0.3 is 20.0 Å². The van der Waals surface area contributed by atoms with Crippen LogP contribution in [0.4, 0.5) is 0 Å². The van der Waals surface area contributed by atoms with Crippen LogP contribution in [-0.4, -0.2) is 68.7 Å². The van der Waals surface area contributed by atoms with Crippen molar-refractivity contribution in [1.82, 2.24) is 9.80 Å². The van der Waals surface area contributed by atoms with E-state index in [2.05, 4.69) is 0 Å². The zero-order valence-electron chi connectivity index (χ0n) is 15.6. The number of amides is 2. The van der Waals surface area contributed by atoms with Crippen molar-refractivity contribution >= 4 is 11.8 Å². The Labute approximate surface area is 155 Å². The SMILES string of the molecule is O=C1[C@H](O)[C@H]([C@@]2(O)CCN(C3CCCCC3)C2=O)CN1C1CCCCC1. The van der Waals surface area contributed by atoms with Crippen molar-refractivity contribution in [2.24, 2.45) is 5.92 Å². The van der Waals surface area contributed by atoms with Gasteiger partial charge in [-0.15, -0.1) is 0 Å². The molecule has 6 heteroatoms. The number of hydrogen-bond donors (Lipinski definition) is 2. The molecule has 3 atom stereocenters. The van der Waals surface area contributed by atoms with E-state index < -0.39 is 17.6 Å². The minimum absolute atomic E-state index is 0.158. The summed E-state index contributed by atoms with van der Waals surface area (Å²) in [6.45, 7) is 0.853. The van der Waals surface area contributed by atoms with Crippen LogP contribution in [0.15, 0.2) is 0 Å². The molecule has 4 aliphatic rings. The first-order valence-electron chi connectivity index (χ1n) is 10.5. The first-order chi connectivity index (χ1) is 12.5. The van der Waals surface area contributed by atoms with E-state index in [1.54, 1.807) is 4.90 Å². The van der Waals surface area contributed by atoms with Gasteiger partial charge in [0.25, 0.3) is 11.8 Å². The molecular weight excluding hydrogens is 332 g/mol. The summed E-state index contributed by atoms with van der Waals surface area (Å²) in [6.07, 6.45) is 9.90. The zero-order valence-corrected chi connectivity index (χ0v) is 15.6. The van der Waals surface area contributed by atoms with Gasteiger partial charge in [0, 0.05) is 37.5 Å². The van der Waals surface area contributed by atoms with Crippen LogP contribution in [0.3, 0.4) is 0 Å². The predicted octanol–water partition coefficient (Wildman–Crippen LogP) is 1.43. The lowest BCUT2D eigenvalue weighted by Gasteiger charge is -2.35. The van der Waals surface area contributed by atoms with E-state index in [0.29, 0.717) is 19.5 Å². The van der Waals surface area contributed by atoms with Gasteiger partial charge in [0.05, 0.1) is 0 Å². The monoisotopic (exact) mass is 364 g/mol. The summed E-state index contributed by atoms with van der Waals surface area (Å²) in [5.74, 6) is -1.25. The van der Waals surface area contributed by atoms with Crippen LogP contribution in [0.25, 0.3) is 0 Å². The van der Waals surface area contributed by atoms with Gasteiger partial charge in [-0.05, 0) is 25.7 Å². The number of carbonyl (C=O) groups excluding carboxylic acids is 2. The van der Waals surface area contributed by atoms with Crippen LogP contribution in [0.1, 0.15) is 70.6 Å². The second-order valence-electron chi connectivity index (χ2n) is 8.80. The maximum atomic E-state index is 13.1. The Balaban J connectivity index is 1.49. The highest BCUT2D eigenvalue weighted by Crippen LogP contribution is 2.40. The smallest absolute Gasteiger partial charge is 0.255 e. The van der Waals surface area contributed by atoms with Gasteiger partial charge in [0.15, 0.2) is 5.60 Å². The van der Waals surface area contributed by atoms with E-state index in [-0.39, 0.29) is 23.9 Å². The van der Waals surface area contributed by atoms with Crippen molar-refractivity contribution in [3.63, 3.8) is 0 Å². The third kappa shape index (κ3) is 2.95. The quantitative estimate of drug-likeness (QED) is 0.794. The minimum atomic E-state index is -1.59. The van der Waals surface area contributed by atoms with Gasteiger partial charge in [-0.2, -0.15) is 0 Å². The van der Waals surface area contributed by atoms with Crippen molar-refractivity contribution in [3.05, 3.63) is 0 Å². The third-order valence-corrected chi connectivity index (χ3v) is 7.32. The molecule has 2 saturated carbocycles. The fourth-order valence-corrected chi connectivity index (χ4v) is 5.71. The van der Waals surface area contributed by atoms with E-state index in [4.69, 9.17) is 0 Å². The second kappa shape index (κ2) is 7.12. The Hall–Kier alpha value is -1.14. The summed E-state index contributed by atoms with van der Waals surface area (Å²) >= 11 is 0. The number of carbonyl (C=O) groups is 2. The molecule has 0 bridgehead atoms. The average molecular weight is 364 g/mol. The number of nitrogens with zero attached hydrogens (tertiary/aromatic N) is 2. The Morgan fingerprint density at radius 1 is 0.846 bits per heavy atom. The molecule has 6 nitrogen and oxygen atoms in total. The highest BCUT2D eigenvalue weighted by molar-refractivity contribution is 5.91. The van der Waals surface area contributed by atoms with Gasteiger partial charge in [0.1, 0.15) is 6.10 Å². The van der Waals surface area contributed by atoms with Crippen LogP contribution >= 0.6 is 0 Å². The number of aliphatic hydroxyl groups is 2. The molecule has 2 aliphatic carbocycles. The van der Waals surface area contributed by atoms with E-state index in [1.165, 1.54) is 12.8 Å². The van der Waals surface area contributed by atoms with Gasteiger partial charge >= 0.3 is 0 Å². The lowest BCUT2D eigenvalue weighted by molar-refractivity contribution is -0.154. The molecule has 146 valence electrons. The molecule has 4 fully saturated rings. The Bertz CT molecular complexity index is 556. The van der Waals surface area contributed by atoms with Gasteiger partial charge in [-0.3, -0.25) is 9.59 Å². The lowest BCUT2D eigenvalue weighted by Crippen LogP contribution is -2.52. The van der Waals surface area contributed by atoms with Gasteiger partial charge in [-0.25, -0.2) is 0 Å². The molecule has 2 amide bonds. The molecule has 26 heavy (non-hydrogen) atoms. The van der Waals surface area contributed by atoms with Crippen molar-refractivity contribution in [2.45, 2.75) is 94.4 Å². The molecule has 2 heterocycles. The first kappa shape index (κ1) is 18.2. The van der Waals surface area contributed by atoms with Crippen molar-refractivity contribution in [1.29, 1.82) is 0 Å². The molecule has 0 radical (unpaired) electrons. The van der Waals surface area contributed by atoms with Crippen LogP contribution in [0.2, 0.25) is 0 Å². The van der Waals surface area contributed by atoms with E-state index >= 15 is 0 Å². The minimum Gasteiger partial charge on any atom is -0.383 e. The molecular formula is C20H32N2O4. The first-order valence-corrected chi connectivity index (χ1v) is 10.5. The van der Waals surface area contributed by atoms with Crippen LogP contribution < -0.4 is 0 Å². The summed E-state index contributed by atoms with van der Waals surface area (Å²) in [5, 5.41) is 21.8. The molecule has 0 aromatic heterocycles. The summed E-state index contributed by atoms with van der Waals surface area (Å²) in [5.41, 5.74) is -1.59. The maximum Gasteiger partial charge on any atom is 0.255 e. The number of likely N-dealkylation sites (tertiary alicyclic amines) is 2. The Kier molecular flexibility index (Phi) is 4.99. The predicted molar refractivity (Wildman–Crippen MR) is 96.2 cm³/mol. The van der Waals surface area contributed by atoms with Crippen LogP contribution in [0.5, 0.6) is 0 Å². The molecule has 4 rings (SSSR count). The molecule has 0 aromatic carbocycles. The number of hydrogen-bond acceptors (Lipinski definition) is 4. The molecule has 2 saturated heterocycles. The summed E-state index contributed by atoms with van der Waals surface area (Å²) in [6, 6.07) is 0.374. The van der Waals surface area contributed by atoms with Gasteiger partial charge in [-0.1, -0.05) is 38.5 Å². The van der Waals surface area contributed by atoms with E-state index in [9.17, 15) is 19.8 Å². The molecule has 0 aromatic rings. The molecule has 0 unspecified atom stereocenters. The largest absolute Gasteiger partial charge is 0.383 e. The van der Waals surface area contributed by atoms with Crippen molar-refractivity contribution in [2.75, 3.05) is 13.1 Å². The Morgan fingerprint density at radius 2 is 1.38 bits per heavy atom. The van der Waals surface area contributed by atoms with Crippen molar-refractivity contribution < 1.29 is 19.8 Å². The number of aliphatic hydroxyl groups excluding tert-OH is 1. The molecule has 2 N–H and O–H groups in total. The zero-order chi connectivity index (χ0) is 18.3. The van der Waals surface area contributed by atoms with E-state index in [0.717, 1.165) is 51.4 Å². The topological polar surface area (TPSA) is 81.1 Å². The number of rotatable bonds is 3. The maximum absolute atomic E-state index is 13.1. The highest BCUT2D eigenvalue weighted by atomic mass is 16.3. The molecule has 0 spiro atoms. The third-order valence-electron chi connectivity index (χ3n) is 7.32. The molecule has 2 aliphatic heterocycles. The van der Waals surface area contributed by atoms with Crippen LogP contribution in [0, 0.1) is 5.92 Å². The summed E-state index contributed by atoms with van der Waals surface area (Å²) < 4.78 is 0. The lowest BCUT2D eigenvalue weighted by atomic mass is 9.83. The van der Waals surface area contributed by atoms with E-state index in [1.807, 2.05) is 4.90 Å². The van der Waals surface area contributed by atoms with Crippen LogP contribution in [-0.2, 0) is 9.59 Å². The normalized spacial score (nSPS) is 37.8. The summed E-state index contributed by atoms with van der Waals surface area (Å²) in [4.78, 5) is 29.3. The highest BCUT2D eigenvalue weighted by Gasteiger charge is 2.59. The van der Waals surface area contributed by atoms with Crippen molar-refractivity contribution in [3.8, 4) is 0 Å². The summed E-state index contributed by atoms with van der Waals surface area (Å²) in [7, 11) is 0. The Morgan fingerprint density at radius 3 is 1.96 bits per heavy atom. The fourth-order valence-electron chi connectivity index (χ4n) is 5.71.